The van der Waals surface area contributed by atoms with E-state index in [0.29, 0.717) is 31.2 Å². The molecule has 26 heavy (non-hydrogen) atoms. The van der Waals surface area contributed by atoms with Gasteiger partial charge in [0.15, 0.2) is 0 Å². The van der Waals surface area contributed by atoms with Gasteiger partial charge in [-0.25, -0.2) is 4.39 Å². The fourth-order valence-electron chi connectivity index (χ4n) is 3.16. The smallest absolute Gasteiger partial charge is 0.123 e. The summed E-state index contributed by atoms with van der Waals surface area (Å²) in [6.45, 7) is 3.69. The van der Waals surface area contributed by atoms with Gasteiger partial charge in [0.1, 0.15) is 5.82 Å². The predicted molar refractivity (Wildman–Crippen MR) is 104 cm³/mol. The monoisotopic (exact) mass is 383 g/mol. The van der Waals surface area contributed by atoms with Crippen LogP contribution in [0.1, 0.15) is 17.3 Å². The topological polar surface area (TPSA) is 69.9 Å². The van der Waals surface area contributed by atoms with Crippen molar-refractivity contribution >= 4 is 16.3 Å². The number of benzene rings is 1. The van der Waals surface area contributed by atoms with E-state index >= 15 is 0 Å². The van der Waals surface area contributed by atoms with Gasteiger partial charge in [0.05, 0.1) is 48.6 Å². The summed E-state index contributed by atoms with van der Waals surface area (Å²) < 4.78 is 40.1. The molecule has 6 nitrogen and oxygen atoms in total. The Kier molecular flexibility index (Phi) is 5.76. The number of aromatic nitrogens is 1. The Morgan fingerprint density at radius 2 is 1.85 bits per heavy atom. The van der Waals surface area contributed by atoms with E-state index in [1.807, 2.05) is 23.9 Å². The van der Waals surface area contributed by atoms with E-state index < -0.39 is 10.6 Å². The second kappa shape index (κ2) is 7.87. The average Bonchev–Trinajstić information content (AvgIpc) is 2.96. The molecule has 3 N–H and O–H groups in total. The molecule has 0 unspecified atom stereocenters. The zero-order valence-corrected chi connectivity index (χ0v) is 15.9. The number of hydrogen-bond donors (Lipinski definition) is 3. The van der Waals surface area contributed by atoms with Crippen LogP contribution in [-0.2, 0) is 4.74 Å². The van der Waals surface area contributed by atoms with Crippen molar-refractivity contribution in [2.45, 2.75) is 13.0 Å². The summed E-state index contributed by atoms with van der Waals surface area (Å²) in [5, 5.41) is 5.58. The van der Waals surface area contributed by atoms with Crippen molar-refractivity contribution in [2.24, 2.45) is 0 Å². The van der Waals surface area contributed by atoms with Gasteiger partial charge in [-0.15, -0.1) is 0 Å². The number of hydrogen-bond acceptors (Lipinski definition) is 5. The standard InChI is InChI=1S/C18H26FN3O3S/c1-14-17(7-8-22(14)21-9-11-26(23,24)12-10-21)20-18(13-25-2)15-3-5-16(19)6-4-15/h3-8,18,20,23-24H,9-13H2,1-2H3/t18-/m1/s1. The molecule has 0 saturated carbocycles. The summed E-state index contributed by atoms with van der Waals surface area (Å²) in [5.41, 5.74) is 2.95. The summed E-state index contributed by atoms with van der Waals surface area (Å²) in [5.74, 6) is 0.535. The number of halogens is 1. The van der Waals surface area contributed by atoms with Crippen LogP contribution < -0.4 is 10.3 Å². The van der Waals surface area contributed by atoms with Crippen LogP contribution in [0.3, 0.4) is 0 Å². The first-order valence-corrected chi connectivity index (χ1v) is 10.5. The maximum Gasteiger partial charge on any atom is 0.123 e. The van der Waals surface area contributed by atoms with E-state index in [-0.39, 0.29) is 11.9 Å². The van der Waals surface area contributed by atoms with Gasteiger partial charge >= 0.3 is 0 Å². The lowest BCUT2D eigenvalue weighted by atomic mass is 10.1. The van der Waals surface area contributed by atoms with Gasteiger partial charge in [-0.1, -0.05) is 12.1 Å². The quantitative estimate of drug-likeness (QED) is 0.713. The lowest BCUT2D eigenvalue weighted by molar-refractivity contribution is 0.186. The van der Waals surface area contributed by atoms with Crippen LogP contribution in [0.2, 0.25) is 0 Å². The van der Waals surface area contributed by atoms with Gasteiger partial charge in [-0.05, 0) is 30.7 Å². The molecule has 0 aliphatic carbocycles. The summed E-state index contributed by atoms with van der Waals surface area (Å²) in [6.07, 6.45) is 1.98. The van der Waals surface area contributed by atoms with Crippen LogP contribution in [0, 0.1) is 12.7 Å². The van der Waals surface area contributed by atoms with Gasteiger partial charge in [0.2, 0.25) is 0 Å². The molecular weight excluding hydrogens is 357 g/mol. The van der Waals surface area contributed by atoms with Crippen LogP contribution in [0.25, 0.3) is 0 Å². The number of nitrogens with one attached hydrogen (secondary N) is 1. The van der Waals surface area contributed by atoms with E-state index in [1.54, 1.807) is 19.2 Å². The Hall–Kier alpha value is -1.74. The summed E-state index contributed by atoms with van der Waals surface area (Å²) >= 11 is 0. The summed E-state index contributed by atoms with van der Waals surface area (Å²) in [6, 6.07) is 8.31. The second-order valence-electron chi connectivity index (χ2n) is 6.53. The Bertz CT molecular complexity index is 726. The minimum Gasteiger partial charge on any atom is -0.382 e. The molecule has 0 amide bonds. The number of anilines is 1. The molecule has 1 aliphatic heterocycles. The van der Waals surface area contributed by atoms with Crippen LogP contribution in [-0.4, -0.2) is 52.1 Å². The van der Waals surface area contributed by atoms with Crippen molar-refractivity contribution in [2.75, 3.05) is 48.6 Å². The molecule has 2 aromatic rings. The lowest BCUT2D eigenvalue weighted by Gasteiger charge is -2.42. The molecule has 1 saturated heterocycles. The molecule has 1 aromatic heterocycles. The first-order chi connectivity index (χ1) is 12.4. The Morgan fingerprint density at radius 1 is 1.19 bits per heavy atom. The summed E-state index contributed by atoms with van der Waals surface area (Å²) in [7, 11) is -0.772. The number of ether oxygens (including phenoxy) is 1. The highest BCUT2D eigenvalue weighted by molar-refractivity contribution is 8.24. The molecule has 0 spiro atoms. The minimum absolute atomic E-state index is 0.0940. The van der Waals surface area contributed by atoms with Gasteiger partial charge in [-0.2, -0.15) is 10.6 Å². The third-order valence-corrected chi connectivity index (χ3v) is 6.38. The SMILES string of the molecule is COC[C@@H](Nc1ccn(N2CCS(O)(O)CC2)c1C)c1ccc(F)cc1. The molecule has 1 fully saturated rings. The molecule has 0 bridgehead atoms. The lowest BCUT2D eigenvalue weighted by Crippen LogP contribution is -2.45. The van der Waals surface area contributed by atoms with Crippen LogP contribution >= 0.6 is 10.6 Å². The van der Waals surface area contributed by atoms with Gasteiger partial charge < -0.3 is 15.1 Å². The third kappa shape index (κ3) is 4.32. The van der Waals surface area contributed by atoms with Crippen molar-refractivity contribution in [3.8, 4) is 0 Å². The Labute approximate surface area is 154 Å². The molecule has 1 aliphatic rings. The molecule has 2 heterocycles. The zero-order valence-electron chi connectivity index (χ0n) is 15.1. The Morgan fingerprint density at radius 3 is 2.46 bits per heavy atom. The first kappa shape index (κ1) is 19.0. The molecule has 8 heteroatoms. The summed E-state index contributed by atoms with van der Waals surface area (Å²) in [4.78, 5) is 0. The van der Waals surface area contributed by atoms with Crippen molar-refractivity contribution in [3.63, 3.8) is 0 Å². The molecular formula is C18H26FN3O3S. The van der Waals surface area contributed by atoms with E-state index in [4.69, 9.17) is 4.74 Å². The maximum absolute atomic E-state index is 13.2. The van der Waals surface area contributed by atoms with E-state index in [1.165, 1.54) is 12.1 Å². The van der Waals surface area contributed by atoms with Crippen LogP contribution in [0.4, 0.5) is 10.1 Å². The highest BCUT2D eigenvalue weighted by Gasteiger charge is 2.24. The predicted octanol–water partition coefficient (Wildman–Crippen LogP) is 3.44. The van der Waals surface area contributed by atoms with E-state index in [0.717, 1.165) is 16.9 Å². The average molecular weight is 383 g/mol. The zero-order chi connectivity index (χ0) is 18.7. The number of rotatable bonds is 6. The molecule has 144 valence electrons. The van der Waals surface area contributed by atoms with Crippen LogP contribution in [0.15, 0.2) is 36.5 Å². The van der Waals surface area contributed by atoms with Crippen molar-refractivity contribution in [3.05, 3.63) is 53.6 Å². The molecule has 3 rings (SSSR count). The third-order valence-electron chi connectivity index (χ3n) is 4.71. The van der Waals surface area contributed by atoms with Gasteiger partial charge in [-0.3, -0.25) is 13.8 Å². The van der Waals surface area contributed by atoms with Crippen molar-refractivity contribution < 1.29 is 18.2 Å². The van der Waals surface area contributed by atoms with E-state index in [2.05, 4.69) is 10.3 Å². The fourth-order valence-corrected chi connectivity index (χ4v) is 4.37. The highest BCUT2D eigenvalue weighted by Crippen LogP contribution is 2.40. The normalized spacial score (nSPS) is 19.2. The molecule has 1 atom stereocenters. The first-order valence-electron chi connectivity index (χ1n) is 8.57. The number of methoxy groups -OCH3 is 1. The minimum atomic E-state index is -2.41. The van der Waals surface area contributed by atoms with E-state index in [9.17, 15) is 13.5 Å². The maximum atomic E-state index is 13.2. The van der Waals surface area contributed by atoms with Gasteiger partial charge in [0.25, 0.3) is 0 Å². The fraction of sp³-hybridized carbons (Fsp3) is 0.444. The van der Waals surface area contributed by atoms with Crippen LogP contribution in [0.5, 0.6) is 0 Å². The largest absolute Gasteiger partial charge is 0.382 e. The Balaban J connectivity index is 1.74. The highest BCUT2D eigenvalue weighted by atomic mass is 32.3. The molecule has 0 radical (unpaired) electrons. The number of nitrogens with zero attached hydrogens (tertiary/aromatic N) is 2. The van der Waals surface area contributed by atoms with Gasteiger partial charge in [0, 0.05) is 13.3 Å². The molecule has 1 aromatic carbocycles. The second-order valence-corrected chi connectivity index (χ2v) is 8.95. The van der Waals surface area contributed by atoms with Crippen molar-refractivity contribution in [1.82, 2.24) is 4.68 Å². The van der Waals surface area contributed by atoms with Crippen molar-refractivity contribution in [1.29, 1.82) is 0 Å².